The predicted octanol–water partition coefficient (Wildman–Crippen LogP) is 2.54. The van der Waals surface area contributed by atoms with Crippen LogP contribution in [0.4, 0.5) is 10.1 Å². The van der Waals surface area contributed by atoms with Crippen molar-refractivity contribution >= 4 is 17.5 Å². The summed E-state index contributed by atoms with van der Waals surface area (Å²) in [6.07, 6.45) is 3.98. The zero-order chi connectivity index (χ0) is 20.0. The van der Waals surface area contributed by atoms with Crippen molar-refractivity contribution in [3.8, 4) is 0 Å². The van der Waals surface area contributed by atoms with Crippen molar-refractivity contribution in [3.63, 3.8) is 0 Å². The Hall–Kier alpha value is -3.55. The van der Waals surface area contributed by atoms with Crippen LogP contribution in [0.15, 0.2) is 48.9 Å². The van der Waals surface area contributed by atoms with Crippen molar-refractivity contribution in [2.24, 2.45) is 0 Å². The van der Waals surface area contributed by atoms with Gasteiger partial charge in [-0.05, 0) is 29.8 Å². The number of fused-ring (bicyclic) bond motifs is 2. The van der Waals surface area contributed by atoms with E-state index in [-0.39, 0.29) is 18.2 Å². The highest BCUT2D eigenvalue weighted by molar-refractivity contribution is 6.05. The van der Waals surface area contributed by atoms with Crippen molar-refractivity contribution in [2.75, 3.05) is 11.9 Å². The summed E-state index contributed by atoms with van der Waals surface area (Å²) in [5, 5.41) is 2.67. The number of rotatable bonds is 3. The molecule has 0 radical (unpaired) electrons. The number of benzene rings is 1. The fourth-order valence-corrected chi connectivity index (χ4v) is 4.18. The van der Waals surface area contributed by atoms with E-state index in [0.29, 0.717) is 24.2 Å². The molecule has 0 fully saturated rings. The van der Waals surface area contributed by atoms with Gasteiger partial charge in [0.25, 0.3) is 0 Å². The monoisotopic (exact) mass is 391 g/mol. The van der Waals surface area contributed by atoms with Crippen molar-refractivity contribution in [3.05, 3.63) is 77.4 Å². The van der Waals surface area contributed by atoms with Gasteiger partial charge in [0.1, 0.15) is 11.9 Å². The summed E-state index contributed by atoms with van der Waals surface area (Å²) in [6, 6.07) is 9.32. The molecule has 2 amide bonds. The zero-order valence-electron chi connectivity index (χ0n) is 15.4. The van der Waals surface area contributed by atoms with Gasteiger partial charge in [-0.15, -0.1) is 0 Å². The number of pyridine rings is 1. The summed E-state index contributed by atoms with van der Waals surface area (Å²) in [7, 11) is 0. The number of aromatic nitrogens is 3. The third kappa shape index (κ3) is 2.97. The molecule has 0 spiro atoms. The minimum Gasteiger partial charge on any atom is -0.348 e. The van der Waals surface area contributed by atoms with Gasteiger partial charge in [0.2, 0.25) is 11.8 Å². The molecule has 1 aromatic carbocycles. The van der Waals surface area contributed by atoms with Crippen LogP contribution in [0.2, 0.25) is 0 Å². The van der Waals surface area contributed by atoms with Gasteiger partial charge in [0.15, 0.2) is 0 Å². The van der Waals surface area contributed by atoms with E-state index in [9.17, 15) is 14.0 Å². The van der Waals surface area contributed by atoms with Crippen LogP contribution in [0.3, 0.4) is 0 Å². The maximum atomic E-state index is 13.5. The Balaban J connectivity index is 1.46. The van der Waals surface area contributed by atoms with Gasteiger partial charge < -0.3 is 15.2 Å². The Morgan fingerprint density at radius 3 is 2.97 bits per heavy atom. The van der Waals surface area contributed by atoms with Crippen molar-refractivity contribution in [1.82, 2.24) is 19.9 Å². The second-order valence-corrected chi connectivity index (χ2v) is 7.24. The van der Waals surface area contributed by atoms with Gasteiger partial charge in [-0.25, -0.2) is 9.37 Å². The third-order valence-electron chi connectivity index (χ3n) is 5.56. The van der Waals surface area contributed by atoms with E-state index in [0.717, 1.165) is 17.1 Å². The Kier molecular flexibility index (Phi) is 4.12. The Morgan fingerprint density at radius 2 is 2.14 bits per heavy atom. The Bertz CT molecular complexity index is 1100. The zero-order valence-corrected chi connectivity index (χ0v) is 15.4. The van der Waals surface area contributed by atoms with Gasteiger partial charge >= 0.3 is 0 Å². The molecule has 2 N–H and O–H groups in total. The third-order valence-corrected chi connectivity index (χ3v) is 5.56. The maximum absolute atomic E-state index is 13.5. The van der Waals surface area contributed by atoms with Crippen LogP contribution in [-0.2, 0) is 16.0 Å². The first-order chi connectivity index (χ1) is 14.1. The molecule has 4 heterocycles. The number of carbonyl (C=O) groups excluding carboxylic acids is 2. The highest BCUT2D eigenvalue weighted by Gasteiger charge is 2.38. The molecule has 29 heavy (non-hydrogen) atoms. The molecule has 2 aliphatic rings. The van der Waals surface area contributed by atoms with Gasteiger partial charge in [0, 0.05) is 37.0 Å². The molecule has 2 aliphatic heterocycles. The first kappa shape index (κ1) is 17.5. The topological polar surface area (TPSA) is 91.0 Å². The van der Waals surface area contributed by atoms with E-state index in [1.165, 1.54) is 12.1 Å². The first-order valence-corrected chi connectivity index (χ1v) is 9.44. The number of H-pyrrole nitrogens is 1. The summed E-state index contributed by atoms with van der Waals surface area (Å²) >= 11 is 0. The van der Waals surface area contributed by atoms with Crippen LogP contribution in [-0.4, -0.2) is 38.2 Å². The largest absolute Gasteiger partial charge is 0.348 e. The molecule has 2 aromatic heterocycles. The van der Waals surface area contributed by atoms with Crippen LogP contribution < -0.4 is 5.32 Å². The Morgan fingerprint density at radius 1 is 1.24 bits per heavy atom. The van der Waals surface area contributed by atoms with Crippen molar-refractivity contribution < 1.29 is 14.0 Å². The number of aromatic amines is 1. The molecule has 146 valence electrons. The van der Waals surface area contributed by atoms with Crippen LogP contribution in [0.25, 0.3) is 0 Å². The van der Waals surface area contributed by atoms with E-state index in [2.05, 4.69) is 20.3 Å². The number of hydrogen-bond acceptors (Lipinski definition) is 4. The molecule has 5 rings (SSSR count). The summed E-state index contributed by atoms with van der Waals surface area (Å²) in [6.45, 7) is 0.500. The average molecular weight is 391 g/mol. The molecule has 8 heteroatoms. The number of hydrogen-bond donors (Lipinski definition) is 2. The van der Waals surface area contributed by atoms with E-state index in [1.54, 1.807) is 23.5 Å². The molecular weight excluding hydrogens is 373 g/mol. The van der Waals surface area contributed by atoms with Gasteiger partial charge in [-0.2, -0.15) is 0 Å². The molecule has 0 bridgehead atoms. The lowest BCUT2D eigenvalue weighted by molar-refractivity contribution is -0.135. The van der Waals surface area contributed by atoms with Crippen LogP contribution in [0, 0.1) is 5.82 Å². The molecule has 0 aliphatic carbocycles. The van der Waals surface area contributed by atoms with Crippen LogP contribution >= 0.6 is 0 Å². The highest BCUT2D eigenvalue weighted by Crippen LogP contribution is 2.38. The average Bonchev–Trinajstić information content (AvgIpc) is 3.32. The minimum absolute atomic E-state index is 0.00750. The molecule has 3 aromatic rings. The minimum atomic E-state index is -0.636. The van der Waals surface area contributed by atoms with Gasteiger partial charge in [-0.1, -0.05) is 12.1 Å². The first-order valence-electron chi connectivity index (χ1n) is 9.44. The fraction of sp³-hybridized carbons (Fsp3) is 0.238. The van der Waals surface area contributed by atoms with Crippen LogP contribution in [0.1, 0.15) is 41.0 Å². The highest BCUT2D eigenvalue weighted by atomic mass is 19.1. The second kappa shape index (κ2) is 6.80. The molecule has 7 nitrogen and oxygen atoms in total. The second-order valence-electron chi connectivity index (χ2n) is 7.24. The van der Waals surface area contributed by atoms with Gasteiger partial charge in [0.05, 0.1) is 23.6 Å². The standard InChI is InChI=1S/C21H18FN5O2/c22-12-4-5-13-14(21(29)26-17(13)9-12)10-18(28)27-8-6-15-19(25-11-24-15)20(27)16-3-1-2-7-23-16/h1-5,7,9,11,14,20H,6,8,10H2,(H,24,25)(H,26,29). The van der Waals surface area contributed by atoms with Crippen molar-refractivity contribution in [1.29, 1.82) is 0 Å². The maximum Gasteiger partial charge on any atom is 0.232 e. The predicted molar refractivity (Wildman–Crippen MR) is 102 cm³/mol. The van der Waals surface area contributed by atoms with Gasteiger partial charge in [-0.3, -0.25) is 14.6 Å². The smallest absolute Gasteiger partial charge is 0.232 e. The molecule has 0 saturated carbocycles. The van der Waals surface area contributed by atoms with E-state index in [4.69, 9.17) is 0 Å². The number of nitrogens with one attached hydrogen (secondary N) is 2. The summed E-state index contributed by atoms with van der Waals surface area (Å²) in [4.78, 5) is 39.5. The number of anilines is 1. The van der Waals surface area contributed by atoms with E-state index >= 15 is 0 Å². The normalized spacial score (nSPS) is 20.2. The molecular formula is C21H18FN5O2. The lowest BCUT2D eigenvalue weighted by atomic mass is 9.94. The summed E-state index contributed by atoms with van der Waals surface area (Å²) in [5.41, 5.74) is 3.58. The number of nitrogens with zero attached hydrogens (tertiary/aromatic N) is 3. The van der Waals surface area contributed by atoms with Crippen LogP contribution in [0.5, 0.6) is 0 Å². The Labute approximate surface area is 166 Å². The number of carbonyl (C=O) groups is 2. The number of halogens is 1. The number of imidazole rings is 1. The lowest BCUT2D eigenvalue weighted by Gasteiger charge is -2.35. The summed E-state index contributed by atoms with van der Waals surface area (Å²) in [5.74, 6) is -1.51. The van der Waals surface area contributed by atoms with Crippen molar-refractivity contribution in [2.45, 2.75) is 24.8 Å². The molecule has 0 saturated heterocycles. The quantitative estimate of drug-likeness (QED) is 0.718. The SMILES string of the molecule is O=C1Nc2cc(F)ccc2C1CC(=O)N1CCc2[nH]cnc2C1c1ccccn1. The number of amides is 2. The lowest BCUT2D eigenvalue weighted by Crippen LogP contribution is -2.42. The molecule has 2 atom stereocenters. The fourth-order valence-electron chi connectivity index (χ4n) is 4.18. The van der Waals surface area contributed by atoms with E-state index < -0.39 is 17.8 Å². The molecule has 2 unspecified atom stereocenters. The van der Waals surface area contributed by atoms with E-state index in [1.807, 2.05) is 18.2 Å². The summed E-state index contributed by atoms with van der Waals surface area (Å²) < 4.78 is 13.5.